The number of hydrogen-bond acceptors (Lipinski definition) is 2. The Kier molecular flexibility index (Phi) is 2.33. The summed E-state index contributed by atoms with van der Waals surface area (Å²) in [7, 11) is 2.09. The molecule has 1 N–H and O–H groups in total. The van der Waals surface area contributed by atoms with Crippen molar-refractivity contribution in [3.63, 3.8) is 0 Å². The van der Waals surface area contributed by atoms with Gasteiger partial charge in [-0.3, -0.25) is 0 Å². The summed E-state index contributed by atoms with van der Waals surface area (Å²) in [6.45, 7) is 4.38. The molecule has 0 spiro atoms. The molecule has 0 fully saturated rings. The molecule has 0 saturated carbocycles. The van der Waals surface area contributed by atoms with Gasteiger partial charge in [-0.2, -0.15) is 0 Å². The number of hydrazine groups is 1. The Morgan fingerprint density at radius 2 is 2.30 bits per heavy atom. The number of allylic oxidation sites excluding steroid dienone is 1. The highest BCUT2D eigenvalue weighted by Gasteiger charge is 2.16. The molecule has 0 aliphatic carbocycles. The topological polar surface area (TPSA) is 15.3 Å². The second-order valence-corrected chi connectivity index (χ2v) is 2.74. The number of rotatable bonds is 2. The zero-order chi connectivity index (χ0) is 7.56. The first kappa shape index (κ1) is 7.61. The highest BCUT2D eigenvalue weighted by Crippen LogP contribution is 2.13. The van der Waals surface area contributed by atoms with Crippen molar-refractivity contribution < 1.29 is 0 Å². The zero-order valence-electron chi connectivity index (χ0n) is 7.02. The average Bonchev–Trinajstić information content (AvgIpc) is 2.30. The van der Waals surface area contributed by atoms with E-state index in [-0.39, 0.29) is 0 Å². The molecule has 0 amide bonds. The Balaban J connectivity index is 2.52. The molecule has 0 aromatic carbocycles. The Morgan fingerprint density at radius 3 is 2.60 bits per heavy atom. The molecule has 2 nitrogen and oxygen atoms in total. The summed E-state index contributed by atoms with van der Waals surface area (Å²) in [6.07, 6.45) is 4.60. The standard InChI is InChI=1S/C8H16N2/c1-4-7-6-8(5-2)10(3)9-7/h6,8-9H,4-5H2,1-3H3. The van der Waals surface area contributed by atoms with Crippen LogP contribution in [0.5, 0.6) is 0 Å². The molecule has 1 heterocycles. The number of hydrogen-bond donors (Lipinski definition) is 1. The van der Waals surface area contributed by atoms with Gasteiger partial charge < -0.3 is 5.43 Å². The van der Waals surface area contributed by atoms with Crippen molar-refractivity contribution in [1.82, 2.24) is 10.4 Å². The Morgan fingerprint density at radius 1 is 1.60 bits per heavy atom. The van der Waals surface area contributed by atoms with E-state index in [1.165, 1.54) is 12.1 Å². The van der Waals surface area contributed by atoms with Crippen molar-refractivity contribution in [2.45, 2.75) is 32.7 Å². The summed E-state index contributed by atoms with van der Waals surface area (Å²) < 4.78 is 0. The van der Waals surface area contributed by atoms with Crippen LogP contribution < -0.4 is 5.43 Å². The van der Waals surface area contributed by atoms with Gasteiger partial charge in [0.25, 0.3) is 0 Å². The molecule has 1 rings (SSSR count). The van der Waals surface area contributed by atoms with E-state index in [1.807, 2.05) is 0 Å². The summed E-state index contributed by atoms with van der Waals surface area (Å²) in [6, 6.07) is 0.606. The lowest BCUT2D eigenvalue weighted by atomic mass is 10.2. The second kappa shape index (κ2) is 3.06. The van der Waals surface area contributed by atoms with Crippen LogP contribution in [0.1, 0.15) is 26.7 Å². The largest absolute Gasteiger partial charge is 0.323 e. The molecule has 0 bridgehead atoms. The van der Waals surface area contributed by atoms with E-state index in [4.69, 9.17) is 0 Å². The molecule has 10 heavy (non-hydrogen) atoms. The molecule has 0 saturated heterocycles. The first-order valence-electron chi connectivity index (χ1n) is 3.98. The van der Waals surface area contributed by atoms with Crippen LogP contribution in [0.3, 0.4) is 0 Å². The van der Waals surface area contributed by atoms with Crippen molar-refractivity contribution >= 4 is 0 Å². The first-order valence-corrected chi connectivity index (χ1v) is 3.98. The number of nitrogens with one attached hydrogen (secondary N) is 1. The van der Waals surface area contributed by atoms with Gasteiger partial charge in [-0.05, 0) is 18.9 Å². The lowest BCUT2D eigenvalue weighted by molar-refractivity contribution is 0.241. The highest BCUT2D eigenvalue weighted by molar-refractivity contribution is 5.09. The van der Waals surface area contributed by atoms with Gasteiger partial charge in [-0.25, -0.2) is 5.01 Å². The maximum Gasteiger partial charge on any atom is 0.0485 e. The van der Waals surface area contributed by atoms with E-state index in [2.05, 4.69) is 37.4 Å². The van der Waals surface area contributed by atoms with E-state index in [0.29, 0.717) is 6.04 Å². The third-order valence-corrected chi connectivity index (χ3v) is 2.01. The van der Waals surface area contributed by atoms with Crippen LogP contribution in [0.4, 0.5) is 0 Å². The molecule has 1 aliphatic heterocycles. The summed E-state index contributed by atoms with van der Waals surface area (Å²) >= 11 is 0. The van der Waals surface area contributed by atoms with E-state index in [0.717, 1.165) is 6.42 Å². The van der Waals surface area contributed by atoms with Gasteiger partial charge in [0.1, 0.15) is 0 Å². The summed E-state index contributed by atoms with van der Waals surface area (Å²) in [4.78, 5) is 0. The van der Waals surface area contributed by atoms with Crippen LogP contribution in [0, 0.1) is 0 Å². The Bertz CT molecular complexity index is 140. The van der Waals surface area contributed by atoms with Gasteiger partial charge in [0.2, 0.25) is 0 Å². The minimum atomic E-state index is 0.606. The lowest BCUT2D eigenvalue weighted by Crippen LogP contribution is -2.34. The van der Waals surface area contributed by atoms with Crippen molar-refractivity contribution in [1.29, 1.82) is 0 Å². The Hall–Kier alpha value is -0.500. The number of nitrogens with zero attached hydrogens (tertiary/aromatic N) is 1. The second-order valence-electron chi connectivity index (χ2n) is 2.74. The van der Waals surface area contributed by atoms with Gasteiger partial charge >= 0.3 is 0 Å². The van der Waals surface area contributed by atoms with Crippen LogP contribution in [-0.2, 0) is 0 Å². The fourth-order valence-electron chi connectivity index (χ4n) is 1.28. The molecule has 1 atom stereocenters. The molecule has 1 unspecified atom stereocenters. The third kappa shape index (κ3) is 1.32. The smallest absolute Gasteiger partial charge is 0.0485 e. The summed E-state index contributed by atoms with van der Waals surface area (Å²) in [5.41, 5.74) is 4.65. The lowest BCUT2D eigenvalue weighted by Gasteiger charge is -2.17. The van der Waals surface area contributed by atoms with Crippen LogP contribution in [-0.4, -0.2) is 18.1 Å². The van der Waals surface area contributed by atoms with Crippen molar-refractivity contribution in [2.24, 2.45) is 0 Å². The molecular formula is C8H16N2. The maximum absolute atomic E-state index is 3.30. The maximum atomic E-state index is 3.30. The van der Waals surface area contributed by atoms with E-state index in [9.17, 15) is 0 Å². The monoisotopic (exact) mass is 140 g/mol. The highest BCUT2D eigenvalue weighted by atomic mass is 15.5. The molecule has 2 heteroatoms. The van der Waals surface area contributed by atoms with Crippen LogP contribution in [0.25, 0.3) is 0 Å². The minimum absolute atomic E-state index is 0.606. The third-order valence-electron chi connectivity index (χ3n) is 2.01. The predicted octanol–water partition coefficient (Wildman–Crippen LogP) is 1.51. The van der Waals surface area contributed by atoms with Gasteiger partial charge in [-0.1, -0.05) is 13.8 Å². The average molecular weight is 140 g/mol. The summed E-state index contributed by atoms with van der Waals surface area (Å²) in [5.74, 6) is 0. The van der Waals surface area contributed by atoms with E-state index in [1.54, 1.807) is 0 Å². The van der Waals surface area contributed by atoms with Crippen molar-refractivity contribution in [3.8, 4) is 0 Å². The van der Waals surface area contributed by atoms with Crippen LogP contribution in [0.15, 0.2) is 11.8 Å². The van der Waals surface area contributed by atoms with Gasteiger partial charge in [0.15, 0.2) is 0 Å². The molecular weight excluding hydrogens is 124 g/mol. The predicted molar refractivity (Wildman–Crippen MR) is 43.4 cm³/mol. The van der Waals surface area contributed by atoms with Gasteiger partial charge in [-0.15, -0.1) is 0 Å². The van der Waals surface area contributed by atoms with E-state index < -0.39 is 0 Å². The fourth-order valence-corrected chi connectivity index (χ4v) is 1.28. The fraction of sp³-hybridized carbons (Fsp3) is 0.750. The van der Waals surface area contributed by atoms with E-state index >= 15 is 0 Å². The molecule has 1 aliphatic rings. The molecule has 0 radical (unpaired) electrons. The minimum Gasteiger partial charge on any atom is -0.323 e. The van der Waals surface area contributed by atoms with Crippen LogP contribution >= 0.6 is 0 Å². The normalized spacial score (nSPS) is 26.3. The van der Waals surface area contributed by atoms with Crippen molar-refractivity contribution in [2.75, 3.05) is 7.05 Å². The zero-order valence-corrected chi connectivity index (χ0v) is 7.02. The molecule has 0 aromatic heterocycles. The first-order chi connectivity index (χ1) is 4.77. The van der Waals surface area contributed by atoms with Gasteiger partial charge in [0.05, 0.1) is 0 Å². The number of likely N-dealkylation sites (N-methyl/N-ethyl adjacent to an activating group) is 1. The molecule has 58 valence electrons. The van der Waals surface area contributed by atoms with Gasteiger partial charge in [0, 0.05) is 18.8 Å². The van der Waals surface area contributed by atoms with Crippen molar-refractivity contribution in [3.05, 3.63) is 11.8 Å². The quantitative estimate of drug-likeness (QED) is 0.625. The van der Waals surface area contributed by atoms with Crippen LogP contribution in [0.2, 0.25) is 0 Å². The summed E-state index contributed by atoms with van der Waals surface area (Å²) in [5, 5.41) is 2.17. The Labute approximate surface area is 62.9 Å². The molecule has 0 aromatic rings. The SMILES string of the molecule is CCC1=CC(CC)N(C)N1.